The van der Waals surface area contributed by atoms with Crippen molar-refractivity contribution in [3.63, 3.8) is 0 Å². The number of aliphatic hydroxyl groups excluding tert-OH is 1. The van der Waals surface area contributed by atoms with Crippen LogP contribution < -0.4 is 4.90 Å². The Bertz CT molecular complexity index is 618. The number of halogens is 5. The van der Waals surface area contributed by atoms with E-state index in [1.165, 1.54) is 29.5 Å². The summed E-state index contributed by atoms with van der Waals surface area (Å²) in [5.74, 6) is -1.08. The van der Waals surface area contributed by atoms with Crippen LogP contribution in [-0.2, 0) is 11.0 Å². The fourth-order valence-corrected chi connectivity index (χ4v) is 2.49. The summed E-state index contributed by atoms with van der Waals surface area (Å²) < 4.78 is 38.4. The van der Waals surface area contributed by atoms with Crippen LogP contribution in [0.25, 0.3) is 0 Å². The van der Waals surface area contributed by atoms with Gasteiger partial charge in [-0.3, -0.25) is 9.69 Å². The molecule has 108 valence electrons. The number of aliphatic hydroxyl groups is 1. The number of carbonyl (C=O) groups excluding carboxylic acids is 1. The highest BCUT2D eigenvalue weighted by Gasteiger charge is 2.39. The standard InChI is InChI=1S/C11H7ClF3IN2O2/c1-4-8(12)10(20)18(9(4)19)7-2-5(11(13,14)15)6(16)3-17-7/h2-3,9,19H,1H3. The maximum Gasteiger partial charge on any atom is 0.417 e. The van der Waals surface area contributed by atoms with Crippen LogP contribution in [0.1, 0.15) is 12.5 Å². The van der Waals surface area contributed by atoms with Crippen LogP contribution in [0, 0.1) is 3.57 Å². The molecule has 0 radical (unpaired) electrons. The number of alkyl halides is 3. The van der Waals surface area contributed by atoms with Gasteiger partial charge in [-0.25, -0.2) is 4.98 Å². The Hall–Kier alpha value is -0.870. The lowest BCUT2D eigenvalue weighted by Gasteiger charge is -2.22. The average molecular weight is 419 g/mol. The highest BCUT2D eigenvalue weighted by Crippen LogP contribution is 2.36. The molecule has 0 bridgehead atoms. The Morgan fingerprint density at radius 2 is 2.10 bits per heavy atom. The van der Waals surface area contributed by atoms with E-state index in [1.807, 2.05) is 0 Å². The Morgan fingerprint density at radius 3 is 2.55 bits per heavy atom. The van der Waals surface area contributed by atoms with E-state index in [-0.39, 0.29) is 20.0 Å². The van der Waals surface area contributed by atoms with Gasteiger partial charge in [0.25, 0.3) is 5.91 Å². The van der Waals surface area contributed by atoms with Crippen molar-refractivity contribution < 1.29 is 23.1 Å². The van der Waals surface area contributed by atoms with Crippen molar-refractivity contribution in [2.24, 2.45) is 0 Å². The van der Waals surface area contributed by atoms with E-state index in [4.69, 9.17) is 11.6 Å². The summed E-state index contributed by atoms with van der Waals surface area (Å²) in [6.45, 7) is 1.42. The second-order valence-corrected chi connectivity index (χ2v) is 5.61. The fraction of sp³-hybridized carbons (Fsp3) is 0.273. The van der Waals surface area contributed by atoms with Gasteiger partial charge >= 0.3 is 6.18 Å². The number of nitrogens with zero attached hydrogens (tertiary/aromatic N) is 2. The van der Waals surface area contributed by atoms with Gasteiger partial charge in [0.2, 0.25) is 0 Å². The third-order valence-electron chi connectivity index (χ3n) is 2.78. The summed E-state index contributed by atoms with van der Waals surface area (Å²) >= 11 is 7.19. The second kappa shape index (κ2) is 5.15. The average Bonchev–Trinajstić information content (AvgIpc) is 2.54. The lowest BCUT2D eigenvalue weighted by molar-refractivity contribution is -0.138. The first-order valence-corrected chi connectivity index (χ1v) is 6.71. The molecule has 2 rings (SSSR count). The molecular weight excluding hydrogens is 411 g/mol. The zero-order chi connectivity index (χ0) is 15.2. The van der Waals surface area contributed by atoms with Crippen molar-refractivity contribution in [2.45, 2.75) is 19.3 Å². The minimum atomic E-state index is -4.58. The van der Waals surface area contributed by atoms with Crippen LogP contribution in [0.4, 0.5) is 19.0 Å². The van der Waals surface area contributed by atoms with E-state index < -0.39 is 23.9 Å². The molecule has 1 amide bonds. The Morgan fingerprint density at radius 1 is 1.50 bits per heavy atom. The van der Waals surface area contributed by atoms with Crippen LogP contribution in [0.15, 0.2) is 22.9 Å². The lowest BCUT2D eigenvalue weighted by Crippen LogP contribution is -2.36. The Labute approximate surface area is 130 Å². The fourth-order valence-electron chi connectivity index (χ4n) is 1.70. The summed E-state index contributed by atoms with van der Waals surface area (Å²) in [6.07, 6.45) is -5.00. The zero-order valence-corrected chi connectivity index (χ0v) is 12.8. The highest BCUT2D eigenvalue weighted by atomic mass is 127. The van der Waals surface area contributed by atoms with Crippen LogP contribution >= 0.6 is 34.2 Å². The maximum atomic E-state index is 12.8. The molecule has 1 aliphatic heterocycles. The van der Waals surface area contributed by atoms with Crippen LogP contribution in [0.3, 0.4) is 0 Å². The summed E-state index contributed by atoms with van der Waals surface area (Å²) in [5, 5.41) is 9.64. The smallest absolute Gasteiger partial charge is 0.369 e. The molecule has 1 aromatic rings. The third-order valence-corrected chi connectivity index (χ3v) is 4.10. The third kappa shape index (κ3) is 2.51. The molecule has 1 aliphatic rings. The van der Waals surface area contributed by atoms with Crippen molar-refractivity contribution in [1.82, 2.24) is 4.98 Å². The molecule has 4 nitrogen and oxygen atoms in total. The van der Waals surface area contributed by atoms with Crippen LogP contribution in [0.5, 0.6) is 0 Å². The van der Waals surface area contributed by atoms with Gasteiger partial charge in [0.05, 0.1) is 5.56 Å². The van der Waals surface area contributed by atoms with E-state index >= 15 is 0 Å². The molecule has 1 N–H and O–H groups in total. The highest BCUT2D eigenvalue weighted by molar-refractivity contribution is 14.1. The largest absolute Gasteiger partial charge is 0.417 e. The molecule has 9 heteroatoms. The topological polar surface area (TPSA) is 53.4 Å². The SMILES string of the molecule is CC1=C(Cl)C(=O)N(c2cc(C(F)(F)F)c(I)cn2)C1O. The Balaban J connectivity index is 2.49. The van der Waals surface area contributed by atoms with E-state index in [0.29, 0.717) is 6.07 Å². The second-order valence-electron chi connectivity index (χ2n) is 4.07. The maximum absolute atomic E-state index is 12.8. The van der Waals surface area contributed by atoms with Gasteiger partial charge < -0.3 is 5.11 Å². The molecular formula is C11H7ClF3IN2O2. The predicted molar refractivity (Wildman–Crippen MR) is 74.0 cm³/mol. The first kappa shape index (κ1) is 15.5. The van der Waals surface area contributed by atoms with Gasteiger partial charge in [0.1, 0.15) is 10.9 Å². The van der Waals surface area contributed by atoms with Gasteiger partial charge in [-0.05, 0) is 35.6 Å². The van der Waals surface area contributed by atoms with Crippen LogP contribution in [-0.4, -0.2) is 22.2 Å². The van der Waals surface area contributed by atoms with Gasteiger partial charge in [0.15, 0.2) is 6.23 Å². The molecule has 0 saturated heterocycles. The van der Waals surface area contributed by atoms with Crippen molar-refractivity contribution in [3.05, 3.63) is 32.0 Å². The number of carbonyl (C=O) groups is 1. The number of hydrogen-bond donors (Lipinski definition) is 1. The van der Waals surface area contributed by atoms with Gasteiger partial charge in [-0.15, -0.1) is 0 Å². The molecule has 0 fully saturated rings. The molecule has 2 heterocycles. The summed E-state index contributed by atoms with van der Waals surface area (Å²) in [7, 11) is 0. The van der Waals surface area contributed by atoms with Crippen molar-refractivity contribution in [3.8, 4) is 0 Å². The van der Waals surface area contributed by atoms with Crippen molar-refractivity contribution >= 4 is 45.9 Å². The predicted octanol–water partition coefficient (Wildman–Crippen LogP) is 2.88. The monoisotopic (exact) mass is 418 g/mol. The molecule has 1 unspecified atom stereocenters. The number of hydrogen-bond acceptors (Lipinski definition) is 3. The van der Waals surface area contributed by atoms with Crippen LogP contribution in [0.2, 0.25) is 0 Å². The van der Waals surface area contributed by atoms with Gasteiger partial charge in [-0.2, -0.15) is 13.2 Å². The summed E-state index contributed by atoms with van der Waals surface area (Å²) in [6, 6.07) is 0.714. The quantitative estimate of drug-likeness (QED) is 0.714. The molecule has 0 saturated carbocycles. The van der Waals surface area contributed by atoms with Gasteiger partial charge in [-0.1, -0.05) is 11.6 Å². The number of aromatic nitrogens is 1. The number of anilines is 1. The lowest BCUT2D eigenvalue weighted by atomic mass is 10.2. The van der Waals surface area contributed by atoms with E-state index in [2.05, 4.69) is 4.98 Å². The molecule has 20 heavy (non-hydrogen) atoms. The zero-order valence-electron chi connectivity index (χ0n) is 9.87. The molecule has 1 atom stereocenters. The van der Waals surface area contributed by atoms with Gasteiger partial charge in [0, 0.05) is 15.3 Å². The summed E-state index contributed by atoms with van der Waals surface area (Å²) in [4.78, 5) is 16.3. The van der Waals surface area contributed by atoms with Crippen molar-refractivity contribution in [2.75, 3.05) is 4.90 Å². The summed E-state index contributed by atoms with van der Waals surface area (Å²) in [5.41, 5.74) is -0.755. The molecule has 0 spiro atoms. The number of amides is 1. The Kier molecular flexibility index (Phi) is 4.00. The van der Waals surface area contributed by atoms with Crippen molar-refractivity contribution in [1.29, 1.82) is 0 Å². The van der Waals surface area contributed by atoms with E-state index in [0.717, 1.165) is 11.1 Å². The first-order valence-electron chi connectivity index (χ1n) is 5.25. The van der Waals surface area contributed by atoms with E-state index in [9.17, 15) is 23.1 Å². The number of pyridine rings is 1. The minimum absolute atomic E-state index is 0.101. The normalized spacial score (nSPS) is 20.1. The minimum Gasteiger partial charge on any atom is -0.369 e. The molecule has 1 aromatic heterocycles. The first-order chi connectivity index (χ1) is 9.14. The molecule has 0 aliphatic carbocycles. The van der Waals surface area contributed by atoms with E-state index in [1.54, 1.807) is 0 Å². The molecule has 0 aromatic carbocycles. The number of rotatable bonds is 1.